The van der Waals surface area contributed by atoms with Crippen molar-refractivity contribution < 1.29 is 0 Å². The Balaban J connectivity index is 2.08. The van der Waals surface area contributed by atoms with Crippen LogP contribution in [-0.2, 0) is 6.42 Å². The van der Waals surface area contributed by atoms with E-state index in [2.05, 4.69) is 42.2 Å². The van der Waals surface area contributed by atoms with Crippen LogP contribution in [0.5, 0.6) is 0 Å². The molecule has 0 fully saturated rings. The summed E-state index contributed by atoms with van der Waals surface area (Å²) in [5.74, 6) is 0. The van der Waals surface area contributed by atoms with Gasteiger partial charge >= 0.3 is 0 Å². The lowest BCUT2D eigenvalue weighted by molar-refractivity contribution is 0.717. The van der Waals surface area contributed by atoms with Gasteiger partial charge in [-0.25, -0.2) is 0 Å². The zero-order valence-corrected chi connectivity index (χ0v) is 10.4. The molecule has 2 aromatic rings. The Kier molecular flexibility index (Phi) is 3.55. The second-order valence-corrected chi connectivity index (χ2v) is 4.53. The van der Waals surface area contributed by atoms with Crippen LogP contribution in [0, 0.1) is 13.8 Å². The number of pyridine rings is 1. The number of rotatable bonds is 3. The van der Waals surface area contributed by atoms with Crippen LogP contribution in [-0.4, -0.2) is 4.98 Å². The molecule has 1 atom stereocenters. The average Bonchev–Trinajstić information content (AvgIpc) is 2.33. The third-order valence-corrected chi connectivity index (χ3v) is 2.94. The molecule has 1 aromatic heterocycles. The summed E-state index contributed by atoms with van der Waals surface area (Å²) >= 11 is 0. The number of benzene rings is 1. The largest absolute Gasteiger partial charge is 0.324 e. The molecule has 2 heteroatoms. The molecule has 0 aliphatic heterocycles. The maximum atomic E-state index is 6.18. The summed E-state index contributed by atoms with van der Waals surface area (Å²) < 4.78 is 0. The highest BCUT2D eigenvalue weighted by Gasteiger charge is 2.07. The molecule has 2 rings (SSSR count). The van der Waals surface area contributed by atoms with Crippen molar-refractivity contribution in [1.29, 1.82) is 0 Å². The zero-order valence-electron chi connectivity index (χ0n) is 10.4. The van der Waals surface area contributed by atoms with Crippen molar-refractivity contribution in [1.82, 2.24) is 4.98 Å². The predicted octanol–water partition coefficient (Wildman–Crippen LogP) is 2.94. The number of hydrogen-bond donors (Lipinski definition) is 1. The van der Waals surface area contributed by atoms with Gasteiger partial charge in [-0.3, -0.25) is 4.98 Å². The van der Waals surface area contributed by atoms with E-state index in [1.807, 2.05) is 19.2 Å². The van der Waals surface area contributed by atoms with Gasteiger partial charge in [-0.15, -0.1) is 0 Å². The van der Waals surface area contributed by atoms with Crippen molar-refractivity contribution >= 4 is 0 Å². The van der Waals surface area contributed by atoms with E-state index in [1.165, 1.54) is 11.1 Å². The van der Waals surface area contributed by atoms with Gasteiger partial charge in [-0.2, -0.15) is 0 Å². The summed E-state index contributed by atoms with van der Waals surface area (Å²) in [4.78, 5) is 4.28. The molecule has 0 aliphatic carbocycles. The Morgan fingerprint density at radius 2 is 1.76 bits per heavy atom. The van der Waals surface area contributed by atoms with Crippen molar-refractivity contribution in [2.24, 2.45) is 5.73 Å². The van der Waals surface area contributed by atoms with E-state index < -0.39 is 0 Å². The minimum absolute atomic E-state index is 0.0193. The Hall–Kier alpha value is -1.67. The Labute approximate surface area is 103 Å². The molecule has 1 aromatic carbocycles. The normalized spacial score (nSPS) is 12.4. The van der Waals surface area contributed by atoms with Crippen LogP contribution in [0.3, 0.4) is 0 Å². The van der Waals surface area contributed by atoms with Gasteiger partial charge in [0, 0.05) is 17.9 Å². The summed E-state index contributed by atoms with van der Waals surface area (Å²) in [6.45, 7) is 4.07. The number of hydrogen-bond acceptors (Lipinski definition) is 2. The second kappa shape index (κ2) is 5.11. The summed E-state index contributed by atoms with van der Waals surface area (Å²) in [6.07, 6.45) is 2.72. The summed E-state index contributed by atoms with van der Waals surface area (Å²) in [5.41, 5.74) is 10.8. The zero-order chi connectivity index (χ0) is 12.3. The SMILES string of the molecule is Cc1ccc(CC(N)c2ccc(C)nc2)cc1. The highest BCUT2D eigenvalue weighted by molar-refractivity contribution is 5.25. The molecule has 0 amide bonds. The molecular formula is C15H18N2. The van der Waals surface area contributed by atoms with Crippen molar-refractivity contribution in [3.63, 3.8) is 0 Å². The van der Waals surface area contributed by atoms with E-state index in [0.29, 0.717) is 0 Å². The van der Waals surface area contributed by atoms with Crippen LogP contribution in [0.4, 0.5) is 0 Å². The standard InChI is InChI=1S/C15H18N2/c1-11-3-6-13(7-4-11)9-15(16)14-8-5-12(2)17-10-14/h3-8,10,15H,9,16H2,1-2H3. The molecule has 2 N–H and O–H groups in total. The van der Waals surface area contributed by atoms with E-state index in [1.54, 1.807) is 0 Å². The van der Waals surface area contributed by atoms with E-state index in [0.717, 1.165) is 17.7 Å². The summed E-state index contributed by atoms with van der Waals surface area (Å²) in [7, 11) is 0. The number of aryl methyl sites for hydroxylation is 2. The van der Waals surface area contributed by atoms with Crippen molar-refractivity contribution in [3.05, 3.63) is 65.0 Å². The molecule has 2 nitrogen and oxygen atoms in total. The lowest BCUT2D eigenvalue weighted by atomic mass is 10.0. The quantitative estimate of drug-likeness (QED) is 0.874. The maximum Gasteiger partial charge on any atom is 0.0372 e. The summed E-state index contributed by atoms with van der Waals surface area (Å²) in [6, 6.07) is 12.6. The monoisotopic (exact) mass is 226 g/mol. The smallest absolute Gasteiger partial charge is 0.0372 e. The fraction of sp³-hybridized carbons (Fsp3) is 0.267. The summed E-state index contributed by atoms with van der Waals surface area (Å²) in [5, 5.41) is 0. The Bertz CT molecular complexity index is 471. The molecule has 0 saturated heterocycles. The predicted molar refractivity (Wildman–Crippen MR) is 70.8 cm³/mol. The van der Waals surface area contributed by atoms with Crippen LogP contribution in [0.25, 0.3) is 0 Å². The van der Waals surface area contributed by atoms with Gasteiger partial charge in [-0.05, 0) is 37.5 Å². The molecule has 1 heterocycles. The van der Waals surface area contributed by atoms with Crippen LogP contribution in [0.15, 0.2) is 42.6 Å². The lowest BCUT2D eigenvalue weighted by Gasteiger charge is -2.12. The van der Waals surface area contributed by atoms with Gasteiger partial charge < -0.3 is 5.73 Å². The van der Waals surface area contributed by atoms with E-state index >= 15 is 0 Å². The Morgan fingerprint density at radius 3 is 2.35 bits per heavy atom. The van der Waals surface area contributed by atoms with Crippen molar-refractivity contribution in [3.8, 4) is 0 Å². The second-order valence-electron chi connectivity index (χ2n) is 4.53. The first-order valence-corrected chi connectivity index (χ1v) is 5.89. The van der Waals surface area contributed by atoms with Crippen LogP contribution >= 0.6 is 0 Å². The molecule has 17 heavy (non-hydrogen) atoms. The van der Waals surface area contributed by atoms with E-state index in [-0.39, 0.29) is 6.04 Å². The molecule has 88 valence electrons. The molecule has 0 bridgehead atoms. The first kappa shape index (κ1) is 11.8. The highest BCUT2D eigenvalue weighted by atomic mass is 14.7. The molecular weight excluding hydrogens is 208 g/mol. The number of nitrogens with zero attached hydrogens (tertiary/aromatic N) is 1. The van der Waals surface area contributed by atoms with E-state index in [9.17, 15) is 0 Å². The van der Waals surface area contributed by atoms with Crippen LogP contribution in [0.1, 0.15) is 28.4 Å². The fourth-order valence-electron chi connectivity index (χ4n) is 1.79. The number of nitrogens with two attached hydrogens (primary N) is 1. The molecule has 0 radical (unpaired) electrons. The third-order valence-electron chi connectivity index (χ3n) is 2.94. The lowest BCUT2D eigenvalue weighted by Crippen LogP contribution is -2.13. The van der Waals surface area contributed by atoms with Gasteiger partial charge in [0.25, 0.3) is 0 Å². The highest BCUT2D eigenvalue weighted by Crippen LogP contribution is 2.15. The maximum absolute atomic E-state index is 6.18. The first-order chi connectivity index (χ1) is 8.15. The van der Waals surface area contributed by atoms with Crippen LogP contribution < -0.4 is 5.73 Å². The molecule has 0 spiro atoms. The molecule has 1 unspecified atom stereocenters. The van der Waals surface area contributed by atoms with E-state index in [4.69, 9.17) is 5.73 Å². The fourth-order valence-corrected chi connectivity index (χ4v) is 1.79. The first-order valence-electron chi connectivity index (χ1n) is 5.89. The topological polar surface area (TPSA) is 38.9 Å². The van der Waals surface area contributed by atoms with Crippen molar-refractivity contribution in [2.45, 2.75) is 26.3 Å². The number of aromatic nitrogens is 1. The Morgan fingerprint density at radius 1 is 1.06 bits per heavy atom. The van der Waals surface area contributed by atoms with Gasteiger partial charge in [-0.1, -0.05) is 35.9 Å². The van der Waals surface area contributed by atoms with Gasteiger partial charge in [0.2, 0.25) is 0 Å². The molecule has 0 saturated carbocycles. The minimum atomic E-state index is 0.0193. The average molecular weight is 226 g/mol. The van der Waals surface area contributed by atoms with Crippen molar-refractivity contribution in [2.75, 3.05) is 0 Å². The molecule has 0 aliphatic rings. The minimum Gasteiger partial charge on any atom is -0.324 e. The van der Waals surface area contributed by atoms with Gasteiger partial charge in [0.05, 0.1) is 0 Å². The third kappa shape index (κ3) is 3.14. The van der Waals surface area contributed by atoms with Crippen LogP contribution in [0.2, 0.25) is 0 Å². The van der Waals surface area contributed by atoms with Gasteiger partial charge in [0.1, 0.15) is 0 Å². The van der Waals surface area contributed by atoms with Gasteiger partial charge in [0.15, 0.2) is 0 Å².